The Balaban J connectivity index is 2.79. The molecule has 0 aromatic heterocycles. The summed E-state index contributed by atoms with van der Waals surface area (Å²) in [5.41, 5.74) is 1.59. The van der Waals surface area contributed by atoms with Crippen molar-refractivity contribution in [1.82, 2.24) is 0 Å². The summed E-state index contributed by atoms with van der Waals surface area (Å²) < 4.78 is 0. The third-order valence-electron chi connectivity index (χ3n) is 6.75. The highest BCUT2D eigenvalue weighted by atomic mass is 14.4. The van der Waals surface area contributed by atoms with Crippen LogP contribution in [-0.2, 0) is 0 Å². The lowest BCUT2D eigenvalue weighted by Gasteiger charge is -2.49. The maximum Gasteiger partial charge on any atom is 0.0981 e. The topological polar surface area (TPSA) is 0 Å². The van der Waals surface area contributed by atoms with Gasteiger partial charge in [0.25, 0.3) is 0 Å². The van der Waals surface area contributed by atoms with Gasteiger partial charge in [0.1, 0.15) is 0 Å². The molecule has 8 heteroatoms. The largest absolute Gasteiger partial charge is 0.104 e. The number of hydrogen-bond acceptors (Lipinski definition) is 0. The molecule has 0 aromatic carbocycles. The minimum absolute atomic E-state index is 0.506. The van der Waals surface area contributed by atoms with E-state index in [4.69, 9.17) is 0 Å². The highest BCUT2D eigenvalue weighted by Gasteiger charge is 2.40. The monoisotopic (exact) mass is 236 g/mol. The molecule has 1 aliphatic carbocycles. The molecule has 0 nitrogen and oxygen atoms in total. The molecule has 1 aliphatic rings. The van der Waals surface area contributed by atoms with E-state index in [1.165, 1.54) is 25.7 Å². The highest BCUT2D eigenvalue weighted by molar-refractivity contribution is 6.52. The summed E-state index contributed by atoms with van der Waals surface area (Å²) in [7, 11) is 19.6. The second-order valence-corrected chi connectivity index (χ2v) is 8.51. The average Bonchev–Trinajstić information content (AvgIpc) is 2.28. The van der Waals surface area contributed by atoms with Crippen molar-refractivity contribution in [2.24, 2.45) is 11.8 Å². The summed E-state index contributed by atoms with van der Waals surface area (Å²) >= 11 is 0. The van der Waals surface area contributed by atoms with E-state index < -0.39 is 0 Å². The Hall–Kier alpha value is 0.519. The predicted octanol–water partition coefficient (Wildman–Crippen LogP) is -4.42. The third kappa shape index (κ3) is 3.34. The van der Waals surface area contributed by atoms with Crippen molar-refractivity contribution in [2.45, 2.75) is 47.5 Å². The Morgan fingerprint density at radius 3 is 1.33 bits per heavy atom. The van der Waals surface area contributed by atoms with Crippen LogP contribution in [0.5, 0.6) is 0 Å². The smallest absolute Gasteiger partial charge is 0.0981 e. The fourth-order valence-electron chi connectivity index (χ4n) is 3.48. The standard InChI is InChI=1S/C10H28B8/c11-7(12)9(15,16)5-2-1-3-6(4-5)10(17,18)8(13)14/h5-8H,1-4,11-18H2. The van der Waals surface area contributed by atoms with E-state index >= 15 is 0 Å². The van der Waals surface area contributed by atoms with Gasteiger partial charge in [0.15, 0.2) is 0 Å². The van der Waals surface area contributed by atoms with E-state index in [0.717, 1.165) is 23.3 Å². The first-order chi connectivity index (χ1) is 8.10. The van der Waals surface area contributed by atoms with Crippen LogP contribution in [0, 0.1) is 11.8 Å². The molecule has 0 bridgehead atoms. The molecule has 0 radical (unpaired) electrons. The van der Waals surface area contributed by atoms with E-state index in [2.05, 4.69) is 62.8 Å². The molecule has 0 amide bonds. The molecular formula is C10H28B8. The molecule has 2 atom stereocenters. The van der Waals surface area contributed by atoms with Crippen molar-refractivity contribution in [3.8, 4) is 0 Å². The van der Waals surface area contributed by atoms with Crippen molar-refractivity contribution in [2.75, 3.05) is 0 Å². The SMILES string of the molecule is BC(B)C(B)(B)C1CCCC(C(B)(B)C(B)B)C1. The molecule has 0 saturated heterocycles. The van der Waals surface area contributed by atoms with Crippen LogP contribution in [0.1, 0.15) is 25.7 Å². The van der Waals surface area contributed by atoms with Crippen LogP contribution in [-0.4, -0.2) is 62.8 Å². The normalized spacial score (nSPS) is 26.6. The molecule has 1 saturated carbocycles. The molecule has 92 valence electrons. The summed E-state index contributed by atoms with van der Waals surface area (Å²) in [4.78, 5) is 0. The molecule has 0 heterocycles. The lowest BCUT2D eigenvalue weighted by Crippen LogP contribution is -2.38. The Labute approximate surface area is 122 Å². The lowest BCUT2D eigenvalue weighted by molar-refractivity contribution is 0.227. The van der Waals surface area contributed by atoms with Gasteiger partial charge in [-0.25, -0.2) is 0 Å². The maximum absolute atomic E-state index is 2.49. The molecule has 1 fully saturated rings. The van der Waals surface area contributed by atoms with Gasteiger partial charge in [0.05, 0.1) is 62.8 Å². The van der Waals surface area contributed by atoms with Crippen LogP contribution in [0.3, 0.4) is 0 Å². The number of hydrogen-bond donors (Lipinski definition) is 0. The van der Waals surface area contributed by atoms with Crippen LogP contribution in [0.4, 0.5) is 0 Å². The quantitative estimate of drug-likeness (QED) is 0.431. The van der Waals surface area contributed by atoms with Crippen molar-refractivity contribution < 1.29 is 0 Å². The van der Waals surface area contributed by atoms with Crippen LogP contribution >= 0.6 is 0 Å². The molecule has 18 heavy (non-hydrogen) atoms. The van der Waals surface area contributed by atoms with Gasteiger partial charge in [0, 0.05) is 0 Å². The van der Waals surface area contributed by atoms with Gasteiger partial charge in [-0.2, -0.15) is 0 Å². The first-order valence-corrected chi connectivity index (χ1v) is 8.10. The first kappa shape index (κ1) is 16.6. The van der Waals surface area contributed by atoms with E-state index in [0.29, 0.717) is 10.4 Å². The lowest BCUT2D eigenvalue weighted by atomic mass is 9.30. The van der Waals surface area contributed by atoms with Crippen molar-refractivity contribution in [3.05, 3.63) is 0 Å². The van der Waals surface area contributed by atoms with Crippen LogP contribution in [0.25, 0.3) is 0 Å². The summed E-state index contributed by atoms with van der Waals surface area (Å²) in [6.07, 6.45) is 5.81. The van der Waals surface area contributed by atoms with Crippen LogP contribution in [0.15, 0.2) is 0 Å². The summed E-state index contributed by atoms with van der Waals surface area (Å²) in [6.45, 7) is 0. The van der Waals surface area contributed by atoms with Gasteiger partial charge in [-0.1, -0.05) is 41.5 Å². The Bertz CT molecular complexity index is 249. The second-order valence-electron chi connectivity index (χ2n) is 8.51. The van der Waals surface area contributed by atoms with Gasteiger partial charge >= 0.3 is 0 Å². The van der Waals surface area contributed by atoms with E-state index in [1.54, 1.807) is 0 Å². The molecule has 2 unspecified atom stereocenters. The third-order valence-corrected chi connectivity index (χ3v) is 6.75. The fourth-order valence-corrected chi connectivity index (χ4v) is 3.48. The van der Waals surface area contributed by atoms with Crippen molar-refractivity contribution >= 4 is 62.8 Å². The molecule has 0 aliphatic heterocycles. The van der Waals surface area contributed by atoms with Crippen LogP contribution in [0.2, 0.25) is 21.9 Å². The summed E-state index contributed by atoms with van der Waals surface area (Å²) in [5.74, 6) is 1.85. The van der Waals surface area contributed by atoms with E-state index in [9.17, 15) is 0 Å². The van der Waals surface area contributed by atoms with Crippen molar-refractivity contribution in [1.29, 1.82) is 0 Å². The maximum atomic E-state index is 2.49. The minimum Gasteiger partial charge on any atom is -0.104 e. The molecule has 1 rings (SSSR count). The zero-order chi connectivity index (χ0) is 14.1. The van der Waals surface area contributed by atoms with Crippen molar-refractivity contribution in [3.63, 3.8) is 0 Å². The predicted molar refractivity (Wildman–Crippen MR) is 107 cm³/mol. The van der Waals surface area contributed by atoms with Gasteiger partial charge in [-0.3, -0.25) is 0 Å². The molecule has 0 N–H and O–H groups in total. The molecular weight excluding hydrogens is 207 g/mol. The minimum atomic E-state index is 0.506. The van der Waals surface area contributed by atoms with Gasteiger partial charge < -0.3 is 0 Å². The molecule has 0 spiro atoms. The zero-order valence-corrected chi connectivity index (χ0v) is 14.1. The fraction of sp³-hybridized carbons (Fsp3) is 1.00. The highest BCUT2D eigenvalue weighted by Crippen LogP contribution is 2.52. The average molecular weight is 235 g/mol. The first-order valence-electron chi connectivity index (χ1n) is 8.10. The van der Waals surface area contributed by atoms with Gasteiger partial charge in [0.2, 0.25) is 0 Å². The Morgan fingerprint density at radius 1 is 0.722 bits per heavy atom. The number of rotatable bonds is 4. The zero-order valence-electron chi connectivity index (χ0n) is 14.1. The Morgan fingerprint density at radius 2 is 1.06 bits per heavy atom. The van der Waals surface area contributed by atoms with Crippen LogP contribution < -0.4 is 0 Å². The van der Waals surface area contributed by atoms with E-state index in [-0.39, 0.29) is 0 Å². The van der Waals surface area contributed by atoms with Gasteiger partial charge in [-0.15, -0.1) is 11.4 Å². The second kappa shape index (κ2) is 5.88. The molecule has 0 aromatic rings. The van der Waals surface area contributed by atoms with Gasteiger partial charge in [-0.05, 0) is 6.42 Å². The summed E-state index contributed by atoms with van der Waals surface area (Å²) in [5, 5.41) is 1.01. The Kier molecular flexibility index (Phi) is 5.41. The summed E-state index contributed by atoms with van der Waals surface area (Å²) in [6, 6.07) is 0. The van der Waals surface area contributed by atoms with E-state index in [1.807, 2.05) is 0 Å².